The first-order chi connectivity index (χ1) is 8.55. The van der Waals surface area contributed by atoms with Gasteiger partial charge in [0.2, 0.25) is 0 Å². The lowest BCUT2D eigenvalue weighted by atomic mass is 10.1. The molecule has 0 amide bonds. The molecule has 1 fully saturated rings. The van der Waals surface area contributed by atoms with Gasteiger partial charge < -0.3 is 5.73 Å². The Morgan fingerprint density at radius 1 is 1.39 bits per heavy atom. The second-order valence-electron chi connectivity index (χ2n) is 5.01. The quantitative estimate of drug-likeness (QED) is 0.734. The zero-order valence-corrected chi connectivity index (χ0v) is 12.4. The first-order valence-electron chi connectivity index (χ1n) is 7.04. The van der Waals surface area contributed by atoms with Crippen LogP contribution in [0.1, 0.15) is 52.4 Å². The summed E-state index contributed by atoms with van der Waals surface area (Å²) in [7, 11) is -3.37. The topological polar surface area (TPSA) is 75.4 Å². The zero-order valence-electron chi connectivity index (χ0n) is 11.6. The van der Waals surface area contributed by atoms with Crippen molar-refractivity contribution in [2.45, 2.75) is 64.5 Å². The Morgan fingerprint density at radius 2 is 2.11 bits per heavy atom. The molecule has 0 aliphatic carbocycles. The molecule has 18 heavy (non-hydrogen) atoms. The number of hydrogen-bond acceptors (Lipinski definition) is 3. The maximum Gasteiger partial charge on any atom is 0.279 e. The molecule has 0 spiro atoms. The third-order valence-electron chi connectivity index (χ3n) is 3.60. The van der Waals surface area contributed by atoms with E-state index in [9.17, 15) is 8.42 Å². The Kier molecular flexibility index (Phi) is 6.55. The standard InChI is InChI=1S/C12H27N3O2S/c1-3-7-11(4-2)14-18(16,17)15-9-6-5-8-12(15)10-13/h11-12,14H,3-10,13H2,1-2H3. The number of nitrogens with zero attached hydrogens (tertiary/aromatic N) is 1. The van der Waals surface area contributed by atoms with Crippen LogP contribution in [0.3, 0.4) is 0 Å². The summed E-state index contributed by atoms with van der Waals surface area (Å²) in [4.78, 5) is 0. The molecule has 2 unspecified atom stereocenters. The summed E-state index contributed by atoms with van der Waals surface area (Å²) in [6, 6.07) is 0.00994. The summed E-state index contributed by atoms with van der Waals surface area (Å²) in [6.07, 6.45) is 5.58. The molecule has 0 saturated carbocycles. The van der Waals surface area contributed by atoms with Crippen molar-refractivity contribution in [1.29, 1.82) is 0 Å². The van der Waals surface area contributed by atoms with Crippen molar-refractivity contribution in [2.24, 2.45) is 5.73 Å². The third-order valence-corrected chi connectivity index (χ3v) is 5.33. The van der Waals surface area contributed by atoms with Crippen molar-refractivity contribution >= 4 is 10.2 Å². The fourth-order valence-electron chi connectivity index (χ4n) is 2.50. The maximum absolute atomic E-state index is 12.4. The molecule has 0 radical (unpaired) electrons. The molecule has 2 atom stereocenters. The molecule has 0 aromatic heterocycles. The zero-order chi connectivity index (χ0) is 13.6. The maximum atomic E-state index is 12.4. The molecule has 0 bridgehead atoms. The van der Waals surface area contributed by atoms with Crippen molar-refractivity contribution in [3.05, 3.63) is 0 Å². The van der Waals surface area contributed by atoms with Crippen LogP contribution in [-0.2, 0) is 10.2 Å². The molecule has 108 valence electrons. The van der Waals surface area contributed by atoms with E-state index in [0.717, 1.165) is 38.5 Å². The fraction of sp³-hybridized carbons (Fsp3) is 1.00. The van der Waals surface area contributed by atoms with Gasteiger partial charge in [0.15, 0.2) is 0 Å². The van der Waals surface area contributed by atoms with E-state index in [2.05, 4.69) is 11.6 Å². The van der Waals surface area contributed by atoms with Crippen molar-refractivity contribution < 1.29 is 8.42 Å². The van der Waals surface area contributed by atoms with Crippen LogP contribution in [0.4, 0.5) is 0 Å². The molecule has 6 heteroatoms. The molecule has 5 nitrogen and oxygen atoms in total. The Hall–Kier alpha value is -0.170. The largest absolute Gasteiger partial charge is 0.329 e. The van der Waals surface area contributed by atoms with E-state index in [4.69, 9.17) is 5.73 Å². The van der Waals surface area contributed by atoms with Gasteiger partial charge in [-0.2, -0.15) is 17.4 Å². The average molecular weight is 277 g/mol. The van der Waals surface area contributed by atoms with Gasteiger partial charge in [-0.3, -0.25) is 0 Å². The van der Waals surface area contributed by atoms with Crippen LogP contribution in [0.2, 0.25) is 0 Å². The molecule has 0 aromatic rings. The van der Waals surface area contributed by atoms with E-state index in [1.807, 2.05) is 6.92 Å². The van der Waals surface area contributed by atoms with E-state index in [-0.39, 0.29) is 12.1 Å². The highest BCUT2D eigenvalue weighted by molar-refractivity contribution is 7.87. The Labute approximate surface area is 111 Å². The smallest absolute Gasteiger partial charge is 0.279 e. The molecule has 0 aromatic carbocycles. The minimum atomic E-state index is -3.37. The molecule has 1 rings (SSSR count). The van der Waals surface area contributed by atoms with Crippen LogP contribution in [-0.4, -0.2) is 37.9 Å². The van der Waals surface area contributed by atoms with Crippen LogP contribution in [0, 0.1) is 0 Å². The summed E-state index contributed by atoms with van der Waals surface area (Å²) in [5.41, 5.74) is 5.68. The van der Waals surface area contributed by atoms with Gasteiger partial charge in [0.25, 0.3) is 10.2 Å². The summed E-state index contributed by atoms with van der Waals surface area (Å²) < 4.78 is 29.1. The molecule has 1 aliphatic heterocycles. The Morgan fingerprint density at radius 3 is 2.67 bits per heavy atom. The molecule has 1 aliphatic rings. The van der Waals surface area contributed by atoms with Crippen LogP contribution >= 0.6 is 0 Å². The normalized spacial score (nSPS) is 24.1. The van der Waals surface area contributed by atoms with Crippen LogP contribution in [0.5, 0.6) is 0 Å². The van der Waals surface area contributed by atoms with Gasteiger partial charge in [-0.1, -0.05) is 26.7 Å². The van der Waals surface area contributed by atoms with Crippen molar-refractivity contribution in [1.82, 2.24) is 9.03 Å². The van der Waals surface area contributed by atoms with E-state index < -0.39 is 10.2 Å². The highest BCUT2D eigenvalue weighted by atomic mass is 32.2. The molecular formula is C12H27N3O2S. The summed E-state index contributed by atoms with van der Waals surface area (Å²) in [5, 5.41) is 0. The van der Waals surface area contributed by atoms with Gasteiger partial charge in [-0.15, -0.1) is 0 Å². The molecular weight excluding hydrogens is 250 g/mol. The lowest BCUT2D eigenvalue weighted by Gasteiger charge is -2.35. The van der Waals surface area contributed by atoms with Gasteiger partial charge in [0.05, 0.1) is 0 Å². The predicted molar refractivity (Wildman–Crippen MR) is 74.4 cm³/mol. The summed E-state index contributed by atoms with van der Waals surface area (Å²) in [6.45, 7) is 5.09. The lowest BCUT2D eigenvalue weighted by Crippen LogP contribution is -2.53. The molecule has 1 saturated heterocycles. The minimum absolute atomic E-state index is 0.0321. The van der Waals surface area contributed by atoms with Gasteiger partial charge >= 0.3 is 0 Å². The van der Waals surface area contributed by atoms with Crippen LogP contribution in [0.25, 0.3) is 0 Å². The van der Waals surface area contributed by atoms with Crippen LogP contribution < -0.4 is 10.5 Å². The number of rotatable bonds is 7. The van der Waals surface area contributed by atoms with Gasteiger partial charge in [0.1, 0.15) is 0 Å². The molecule has 1 heterocycles. The first kappa shape index (κ1) is 15.9. The number of piperidine rings is 1. The van der Waals surface area contributed by atoms with Gasteiger partial charge in [-0.25, -0.2) is 0 Å². The highest BCUT2D eigenvalue weighted by Crippen LogP contribution is 2.19. The molecule has 3 N–H and O–H groups in total. The first-order valence-corrected chi connectivity index (χ1v) is 8.48. The van der Waals surface area contributed by atoms with E-state index in [1.54, 1.807) is 4.31 Å². The van der Waals surface area contributed by atoms with Crippen LogP contribution in [0.15, 0.2) is 0 Å². The van der Waals surface area contributed by atoms with Crippen molar-refractivity contribution in [3.8, 4) is 0 Å². The predicted octanol–water partition coefficient (Wildman–Crippen LogP) is 1.21. The van der Waals surface area contributed by atoms with Crippen molar-refractivity contribution in [3.63, 3.8) is 0 Å². The number of nitrogens with two attached hydrogens (primary N) is 1. The average Bonchev–Trinajstić information content (AvgIpc) is 2.38. The minimum Gasteiger partial charge on any atom is -0.329 e. The van der Waals surface area contributed by atoms with E-state index in [1.165, 1.54) is 0 Å². The second kappa shape index (κ2) is 7.43. The second-order valence-corrected chi connectivity index (χ2v) is 6.67. The van der Waals surface area contributed by atoms with E-state index >= 15 is 0 Å². The van der Waals surface area contributed by atoms with Crippen molar-refractivity contribution in [2.75, 3.05) is 13.1 Å². The van der Waals surface area contributed by atoms with Gasteiger partial charge in [-0.05, 0) is 25.7 Å². The highest BCUT2D eigenvalue weighted by Gasteiger charge is 2.32. The number of nitrogens with one attached hydrogen (secondary N) is 1. The fourth-order valence-corrected chi connectivity index (χ4v) is 4.29. The number of hydrogen-bond donors (Lipinski definition) is 2. The Bertz CT molecular complexity index is 332. The SMILES string of the molecule is CCCC(CC)NS(=O)(=O)N1CCCCC1CN. The summed E-state index contributed by atoms with van der Waals surface area (Å²) >= 11 is 0. The van der Waals surface area contributed by atoms with E-state index in [0.29, 0.717) is 13.1 Å². The Balaban J connectivity index is 2.71. The lowest BCUT2D eigenvalue weighted by molar-refractivity contribution is 0.252. The third kappa shape index (κ3) is 4.19. The monoisotopic (exact) mass is 277 g/mol. The summed E-state index contributed by atoms with van der Waals surface area (Å²) in [5.74, 6) is 0. The van der Waals surface area contributed by atoms with Gasteiger partial charge in [0, 0.05) is 25.2 Å².